The number of nitrogens with zero attached hydrogens (tertiary/aromatic N) is 3. The van der Waals surface area contributed by atoms with Gasteiger partial charge >= 0.3 is 6.61 Å². The second-order valence-electron chi connectivity index (χ2n) is 5.20. The zero-order valence-electron chi connectivity index (χ0n) is 13.2. The fraction of sp³-hybridized carbons (Fsp3) is 0.188. The van der Waals surface area contributed by atoms with Crippen molar-refractivity contribution in [3.05, 3.63) is 54.0 Å². The Morgan fingerprint density at radius 3 is 2.72 bits per heavy atom. The number of carbonyl (C=O) groups excluding carboxylic acids is 1. The van der Waals surface area contributed by atoms with Gasteiger partial charge in [-0.2, -0.15) is 19.0 Å². The Labute approximate surface area is 141 Å². The highest BCUT2D eigenvalue weighted by molar-refractivity contribution is 5.93. The summed E-state index contributed by atoms with van der Waals surface area (Å²) in [5, 5.41) is 13.5. The van der Waals surface area contributed by atoms with Gasteiger partial charge in [-0.15, -0.1) is 0 Å². The molecule has 9 heteroatoms. The molecule has 0 atom stereocenters. The molecule has 0 radical (unpaired) electrons. The molecule has 25 heavy (non-hydrogen) atoms. The molecule has 0 saturated carbocycles. The Kier molecular flexibility index (Phi) is 4.73. The van der Waals surface area contributed by atoms with E-state index >= 15 is 0 Å². The molecule has 2 N–H and O–H groups in total. The predicted molar refractivity (Wildman–Crippen MR) is 85.0 cm³/mol. The summed E-state index contributed by atoms with van der Waals surface area (Å²) < 4.78 is 30.3. The number of aromatic amines is 1. The molecule has 2 heterocycles. The Bertz CT molecular complexity index is 858. The summed E-state index contributed by atoms with van der Waals surface area (Å²) in [6.45, 7) is -2.53. The first-order valence-corrected chi connectivity index (χ1v) is 7.38. The van der Waals surface area contributed by atoms with Gasteiger partial charge in [0.2, 0.25) is 0 Å². The monoisotopic (exact) mass is 347 g/mol. The number of aromatic nitrogens is 4. The number of hydrogen-bond donors (Lipinski definition) is 2. The van der Waals surface area contributed by atoms with Gasteiger partial charge in [0.1, 0.15) is 11.4 Å². The van der Waals surface area contributed by atoms with Crippen LogP contribution in [0.3, 0.4) is 0 Å². The number of halogens is 2. The molecule has 0 saturated heterocycles. The van der Waals surface area contributed by atoms with E-state index in [0.717, 1.165) is 5.69 Å². The van der Waals surface area contributed by atoms with Crippen LogP contribution in [0.2, 0.25) is 0 Å². The minimum Gasteiger partial charge on any atom is -0.435 e. The lowest BCUT2D eigenvalue weighted by Gasteiger charge is -2.04. The lowest BCUT2D eigenvalue weighted by molar-refractivity contribution is -0.0498. The summed E-state index contributed by atoms with van der Waals surface area (Å²) in [5.74, 6) is -0.249. The number of alkyl halides is 2. The van der Waals surface area contributed by atoms with Gasteiger partial charge in [0.05, 0.1) is 17.9 Å². The van der Waals surface area contributed by atoms with Crippen molar-refractivity contribution in [1.82, 2.24) is 25.3 Å². The molecule has 0 aliphatic carbocycles. The molecule has 0 aliphatic rings. The number of hydrogen-bond acceptors (Lipinski definition) is 4. The van der Waals surface area contributed by atoms with Gasteiger partial charge < -0.3 is 10.1 Å². The smallest absolute Gasteiger partial charge is 0.387 e. The molecule has 3 aromatic rings. The average molecular weight is 347 g/mol. The van der Waals surface area contributed by atoms with Crippen LogP contribution in [0.1, 0.15) is 16.2 Å². The standard InChI is InChI=1S/C16H15F2N5O2/c1-23-11(6-7-20-23)9-19-15(24)14-8-13(21-22-14)10-2-4-12(5-3-10)25-16(17)18/h2-8,16H,9H2,1H3,(H,19,24)(H,21,22). The Morgan fingerprint density at radius 1 is 1.32 bits per heavy atom. The van der Waals surface area contributed by atoms with Crippen LogP contribution in [0, 0.1) is 0 Å². The van der Waals surface area contributed by atoms with Gasteiger partial charge in [-0.05, 0) is 36.4 Å². The van der Waals surface area contributed by atoms with Crippen molar-refractivity contribution in [2.75, 3.05) is 0 Å². The average Bonchev–Trinajstić information content (AvgIpc) is 3.22. The van der Waals surface area contributed by atoms with Crippen molar-refractivity contribution < 1.29 is 18.3 Å². The number of H-pyrrole nitrogens is 1. The Balaban J connectivity index is 1.65. The zero-order chi connectivity index (χ0) is 17.8. The summed E-state index contributed by atoms with van der Waals surface area (Å²) in [6.07, 6.45) is 1.65. The van der Waals surface area contributed by atoms with Crippen molar-refractivity contribution in [3.8, 4) is 17.0 Å². The van der Waals surface area contributed by atoms with Crippen molar-refractivity contribution in [3.63, 3.8) is 0 Å². The van der Waals surface area contributed by atoms with Crippen LogP contribution >= 0.6 is 0 Å². The third-order valence-electron chi connectivity index (χ3n) is 3.55. The molecule has 2 aromatic heterocycles. The minimum absolute atomic E-state index is 0.0587. The van der Waals surface area contributed by atoms with E-state index in [-0.39, 0.29) is 11.7 Å². The van der Waals surface area contributed by atoms with Crippen LogP contribution in [0.5, 0.6) is 5.75 Å². The van der Waals surface area contributed by atoms with Gasteiger partial charge in [-0.25, -0.2) is 0 Å². The van der Waals surface area contributed by atoms with Crippen LogP contribution < -0.4 is 10.1 Å². The maximum Gasteiger partial charge on any atom is 0.387 e. The van der Waals surface area contributed by atoms with Crippen LogP contribution in [-0.2, 0) is 13.6 Å². The highest BCUT2D eigenvalue weighted by Crippen LogP contribution is 2.22. The number of aryl methyl sites for hydroxylation is 1. The van der Waals surface area contributed by atoms with Crippen molar-refractivity contribution in [2.24, 2.45) is 7.05 Å². The van der Waals surface area contributed by atoms with Crippen LogP contribution in [0.15, 0.2) is 42.6 Å². The first kappa shape index (κ1) is 16.6. The molecule has 130 valence electrons. The number of carbonyl (C=O) groups is 1. The third-order valence-corrected chi connectivity index (χ3v) is 3.55. The van der Waals surface area contributed by atoms with Gasteiger partial charge in [0.25, 0.3) is 5.91 Å². The number of nitrogens with one attached hydrogen (secondary N) is 2. The normalized spacial score (nSPS) is 10.9. The second-order valence-corrected chi connectivity index (χ2v) is 5.20. The van der Waals surface area contributed by atoms with Gasteiger partial charge in [0.15, 0.2) is 0 Å². The molecule has 0 spiro atoms. The van der Waals surface area contributed by atoms with Crippen molar-refractivity contribution >= 4 is 5.91 Å². The molecule has 7 nitrogen and oxygen atoms in total. The fourth-order valence-corrected chi connectivity index (χ4v) is 2.23. The Hall–Kier alpha value is -3.23. The molecule has 0 bridgehead atoms. The molecule has 0 unspecified atom stereocenters. The first-order chi connectivity index (χ1) is 12.0. The van der Waals surface area contributed by atoms with E-state index in [1.54, 1.807) is 36.1 Å². The van der Waals surface area contributed by atoms with E-state index in [9.17, 15) is 13.6 Å². The summed E-state index contributed by atoms with van der Waals surface area (Å²) in [6, 6.07) is 9.40. The van der Waals surface area contributed by atoms with Crippen LogP contribution in [0.4, 0.5) is 8.78 Å². The van der Waals surface area contributed by atoms with Gasteiger partial charge in [0, 0.05) is 18.8 Å². The van der Waals surface area contributed by atoms with Crippen LogP contribution in [0.25, 0.3) is 11.3 Å². The van der Waals surface area contributed by atoms with E-state index in [2.05, 4.69) is 25.3 Å². The van der Waals surface area contributed by atoms with E-state index in [1.165, 1.54) is 12.1 Å². The van der Waals surface area contributed by atoms with E-state index < -0.39 is 6.61 Å². The predicted octanol–water partition coefficient (Wildman–Crippen LogP) is 2.34. The van der Waals surface area contributed by atoms with E-state index in [4.69, 9.17) is 0 Å². The summed E-state index contributed by atoms with van der Waals surface area (Å²) in [4.78, 5) is 12.2. The summed E-state index contributed by atoms with van der Waals surface area (Å²) in [7, 11) is 1.79. The third kappa shape index (κ3) is 4.00. The number of ether oxygens (including phenoxy) is 1. The summed E-state index contributed by atoms with van der Waals surface area (Å²) >= 11 is 0. The lowest BCUT2D eigenvalue weighted by atomic mass is 10.1. The van der Waals surface area contributed by atoms with E-state index in [1.807, 2.05) is 6.07 Å². The fourth-order valence-electron chi connectivity index (χ4n) is 2.23. The molecule has 1 amide bonds. The number of amides is 1. The molecule has 0 fully saturated rings. The highest BCUT2D eigenvalue weighted by atomic mass is 19.3. The van der Waals surface area contributed by atoms with Crippen molar-refractivity contribution in [1.29, 1.82) is 0 Å². The highest BCUT2D eigenvalue weighted by Gasteiger charge is 2.12. The van der Waals surface area contributed by atoms with Crippen LogP contribution in [-0.4, -0.2) is 32.5 Å². The zero-order valence-corrected chi connectivity index (χ0v) is 13.2. The van der Waals surface area contributed by atoms with Crippen molar-refractivity contribution in [2.45, 2.75) is 13.2 Å². The number of rotatable bonds is 6. The molecule has 0 aliphatic heterocycles. The SMILES string of the molecule is Cn1nccc1CNC(=O)c1cc(-c2ccc(OC(F)F)cc2)n[nH]1. The number of benzene rings is 1. The molecule has 1 aromatic carbocycles. The molecular weight excluding hydrogens is 332 g/mol. The lowest BCUT2D eigenvalue weighted by Crippen LogP contribution is -2.24. The molecule has 3 rings (SSSR count). The first-order valence-electron chi connectivity index (χ1n) is 7.38. The minimum atomic E-state index is -2.87. The second kappa shape index (κ2) is 7.12. The van der Waals surface area contributed by atoms with Gasteiger partial charge in [-0.3, -0.25) is 14.6 Å². The quantitative estimate of drug-likeness (QED) is 0.717. The summed E-state index contributed by atoms with van der Waals surface area (Å²) in [5.41, 5.74) is 2.35. The molecular formula is C16H15F2N5O2. The maximum atomic E-state index is 12.2. The topological polar surface area (TPSA) is 84.8 Å². The Morgan fingerprint density at radius 2 is 2.08 bits per heavy atom. The maximum absolute atomic E-state index is 12.2. The van der Waals surface area contributed by atoms with Gasteiger partial charge in [-0.1, -0.05) is 0 Å². The van der Waals surface area contributed by atoms with E-state index in [0.29, 0.717) is 23.5 Å². The largest absolute Gasteiger partial charge is 0.435 e.